The van der Waals surface area contributed by atoms with E-state index in [0.717, 1.165) is 25.3 Å². The van der Waals surface area contributed by atoms with Crippen LogP contribution in [-0.2, 0) is 15.1 Å². The van der Waals surface area contributed by atoms with E-state index in [1.165, 1.54) is 0 Å². The van der Waals surface area contributed by atoms with E-state index < -0.39 is 0 Å². The standard InChI is InChI=1S/C10H11NO2/c1-2-5-11-8(3-1)10-4-6-12-7-9(10)13-10/h1-3,5,9H,4,6-7H2/t9-,10+/m0/s1. The molecule has 2 saturated heterocycles. The van der Waals surface area contributed by atoms with Crippen LogP contribution < -0.4 is 0 Å². The molecule has 0 radical (unpaired) electrons. The van der Waals surface area contributed by atoms with Crippen molar-refractivity contribution >= 4 is 0 Å². The lowest BCUT2D eigenvalue weighted by Crippen LogP contribution is -2.25. The van der Waals surface area contributed by atoms with Crippen LogP contribution in [0.4, 0.5) is 0 Å². The van der Waals surface area contributed by atoms with Gasteiger partial charge in [0.1, 0.15) is 11.7 Å². The molecule has 0 aliphatic carbocycles. The van der Waals surface area contributed by atoms with Crippen LogP contribution in [0, 0.1) is 0 Å². The Labute approximate surface area is 76.7 Å². The van der Waals surface area contributed by atoms with E-state index in [1.807, 2.05) is 24.4 Å². The highest BCUT2D eigenvalue weighted by Crippen LogP contribution is 2.50. The van der Waals surface area contributed by atoms with Gasteiger partial charge in [0, 0.05) is 19.2 Å². The summed E-state index contributed by atoms with van der Waals surface area (Å²) in [5, 5.41) is 0. The van der Waals surface area contributed by atoms with E-state index in [-0.39, 0.29) is 11.7 Å². The summed E-state index contributed by atoms with van der Waals surface area (Å²) < 4.78 is 11.0. The summed E-state index contributed by atoms with van der Waals surface area (Å²) in [5.74, 6) is 0. The number of hydrogen-bond donors (Lipinski definition) is 0. The third-order valence-electron chi connectivity index (χ3n) is 2.80. The Morgan fingerprint density at radius 1 is 1.46 bits per heavy atom. The summed E-state index contributed by atoms with van der Waals surface area (Å²) in [6, 6.07) is 5.97. The van der Waals surface area contributed by atoms with Gasteiger partial charge in [0.2, 0.25) is 0 Å². The van der Waals surface area contributed by atoms with Gasteiger partial charge >= 0.3 is 0 Å². The molecule has 2 fully saturated rings. The van der Waals surface area contributed by atoms with Crippen LogP contribution in [-0.4, -0.2) is 24.3 Å². The fourth-order valence-corrected chi connectivity index (χ4v) is 1.99. The maximum atomic E-state index is 5.66. The van der Waals surface area contributed by atoms with Gasteiger partial charge in [-0.1, -0.05) is 6.07 Å². The van der Waals surface area contributed by atoms with Crippen LogP contribution >= 0.6 is 0 Å². The summed E-state index contributed by atoms with van der Waals surface area (Å²) >= 11 is 0. The van der Waals surface area contributed by atoms with Crippen molar-refractivity contribution in [3.63, 3.8) is 0 Å². The average molecular weight is 177 g/mol. The molecule has 0 amide bonds. The number of nitrogens with zero attached hydrogens (tertiary/aromatic N) is 1. The van der Waals surface area contributed by atoms with Crippen molar-refractivity contribution in [2.45, 2.75) is 18.1 Å². The van der Waals surface area contributed by atoms with Crippen molar-refractivity contribution in [2.75, 3.05) is 13.2 Å². The van der Waals surface area contributed by atoms with Gasteiger partial charge in [-0.3, -0.25) is 4.98 Å². The average Bonchev–Trinajstić information content (AvgIpc) is 2.94. The van der Waals surface area contributed by atoms with Crippen molar-refractivity contribution in [1.82, 2.24) is 4.98 Å². The molecule has 0 aromatic carbocycles. The summed E-state index contributed by atoms with van der Waals surface area (Å²) in [5.41, 5.74) is 0.961. The molecule has 3 heterocycles. The number of aromatic nitrogens is 1. The maximum Gasteiger partial charge on any atom is 0.141 e. The SMILES string of the molecule is c1ccc([C@]23CCOC[C@@H]2O3)nc1. The topological polar surface area (TPSA) is 34.6 Å². The zero-order valence-electron chi connectivity index (χ0n) is 7.27. The Balaban J connectivity index is 1.94. The van der Waals surface area contributed by atoms with Crippen LogP contribution in [0.1, 0.15) is 12.1 Å². The minimum Gasteiger partial charge on any atom is -0.378 e. The number of fused-ring (bicyclic) bond motifs is 1. The van der Waals surface area contributed by atoms with E-state index in [9.17, 15) is 0 Å². The van der Waals surface area contributed by atoms with Gasteiger partial charge in [-0.2, -0.15) is 0 Å². The molecule has 1 aromatic rings. The predicted molar refractivity (Wildman–Crippen MR) is 46.2 cm³/mol. The molecule has 2 atom stereocenters. The van der Waals surface area contributed by atoms with E-state index >= 15 is 0 Å². The fourth-order valence-electron chi connectivity index (χ4n) is 1.99. The van der Waals surface area contributed by atoms with Crippen LogP contribution in [0.3, 0.4) is 0 Å². The number of hydrogen-bond acceptors (Lipinski definition) is 3. The van der Waals surface area contributed by atoms with Crippen molar-refractivity contribution in [2.24, 2.45) is 0 Å². The zero-order chi connectivity index (χ0) is 8.73. The highest BCUT2D eigenvalue weighted by Gasteiger charge is 2.60. The minimum absolute atomic E-state index is 0.0977. The van der Waals surface area contributed by atoms with Crippen molar-refractivity contribution in [1.29, 1.82) is 0 Å². The molecule has 13 heavy (non-hydrogen) atoms. The lowest BCUT2D eigenvalue weighted by atomic mass is 9.95. The van der Waals surface area contributed by atoms with Crippen LogP contribution in [0.15, 0.2) is 24.4 Å². The summed E-state index contributed by atoms with van der Waals surface area (Å²) in [7, 11) is 0. The maximum absolute atomic E-state index is 5.66. The smallest absolute Gasteiger partial charge is 0.141 e. The third-order valence-corrected chi connectivity index (χ3v) is 2.80. The molecule has 68 valence electrons. The highest BCUT2D eigenvalue weighted by molar-refractivity contribution is 5.23. The quantitative estimate of drug-likeness (QED) is 0.602. The number of rotatable bonds is 1. The first kappa shape index (κ1) is 7.47. The van der Waals surface area contributed by atoms with Crippen molar-refractivity contribution in [3.8, 4) is 0 Å². The molecule has 3 heteroatoms. The molecule has 2 aliphatic rings. The molecule has 0 spiro atoms. The van der Waals surface area contributed by atoms with Crippen LogP contribution in [0.25, 0.3) is 0 Å². The molecule has 0 unspecified atom stereocenters. The lowest BCUT2D eigenvalue weighted by Gasteiger charge is -2.16. The van der Waals surface area contributed by atoms with E-state index in [4.69, 9.17) is 9.47 Å². The Morgan fingerprint density at radius 3 is 3.23 bits per heavy atom. The Morgan fingerprint density at radius 2 is 2.46 bits per heavy atom. The molecular weight excluding hydrogens is 166 g/mol. The largest absolute Gasteiger partial charge is 0.378 e. The Hall–Kier alpha value is -0.930. The second-order valence-electron chi connectivity index (χ2n) is 3.54. The molecule has 0 saturated carbocycles. The molecule has 0 N–H and O–H groups in total. The lowest BCUT2D eigenvalue weighted by molar-refractivity contribution is 0.0967. The third kappa shape index (κ3) is 1.01. The van der Waals surface area contributed by atoms with Crippen LogP contribution in [0.2, 0.25) is 0 Å². The predicted octanol–water partition coefficient (Wildman–Crippen LogP) is 1.10. The van der Waals surface area contributed by atoms with Gasteiger partial charge in [0.15, 0.2) is 0 Å². The first-order valence-electron chi connectivity index (χ1n) is 4.59. The Kier molecular flexibility index (Phi) is 1.45. The zero-order valence-corrected chi connectivity index (χ0v) is 7.27. The van der Waals surface area contributed by atoms with Gasteiger partial charge in [-0.25, -0.2) is 0 Å². The second-order valence-corrected chi connectivity index (χ2v) is 3.54. The van der Waals surface area contributed by atoms with Gasteiger partial charge in [-0.05, 0) is 12.1 Å². The van der Waals surface area contributed by atoms with E-state index in [0.29, 0.717) is 0 Å². The molecule has 1 aromatic heterocycles. The van der Waals surface area contributed by atoms with Crippen LogP contribution in [0.5, 0.6) is 0 Å². The monoisotopic (exact) mass is 177 g/mol. The number of epoxide rings is 1. The molecule has 2 aliphatic heterocycles. The number of ether oxygens (including phenoxy) is 2. The van der Waals surface area contributed by atoms with E-state index in [1.54, 1.807) is 0 Å². The van der Waals surface area contributed by atoms with Gasteiger partial charge in [-0.15, -0.1) is 0 Å². The minimum atomic E-state index is -0.0977. The first-order valence-corrected chi connectivity index (χ1v) is 4.59. The molecule has 3 nitrogen and oxygen atoms in total. The van der Waals surface area contributed by atoms with Gasteiger partial charge in [0.25, 0.3) is 0 Å². The van der Waals surface area contributed by atoms with Crippen molar-refractivity contribution in [3.05, 3.63) is 30.1 Å². The molecular formula is C10H11NO2. The number of pyridine rings is 1. The molecule has 0 bridgehead atoms. The Bertz CT molecular complexity index is 314. The second kappa shape index (κ2) is 2.53. The molecule has 3 rings (SSSR count). The van der Waals surface area contributed by atoms with Crippen molar-refractivity contribution < 1.29 is 9.47 Å². The summed E-state index contributed by atoms with van der Waals surface area (Å²) in [6.45, 7) is 1.50. The normalized spacial score (nSPS) is 36.8. The summed E-state index contributed by atoms with van der Waals surface area (Å²) in [6.07, 6.45) is 3.00. The summed E-state index contributed by atoms with van der Waals surface area (Å²) in [4.78, 5) is 4.34. The first-order chi connectivity index (χ1) is 6.42. The van der Waals surface area contributed by atoms with E-state index in [2.05, 4.69) is 4.98 Å². The highest BCUT2D eigenvalue weighted by atomic mass is 16.6. The fraction of sp³-hybridized carbons (Fsp3) is 0.500. The van der Waals surface area contributed by atoms with Gasteiger partial charge in [0.05, 0.1) is 12.3 Å². The van der Waals surface area contributed by atoms with Gasteiger partial charge < -0.3 is 9.47 Å².